The number of halogens is 2. The Labute approximate surface area is 160 Å². The van der Waals surface area contributed by atoms with Crippen LogP contribution in [-0.4, -0.2) is 20.3 Å². The molecule has 0 aromatic heterocycles. The third-order valence-electron chi connectivity index (χ3n) is 5.45. The van der Waals surface area contributed by atoms with Crippen LogP contribution in [0.25, 0.3) is 0 Å². The van der Waals surface area contributed by atoms with Crippen molar-refractivity contribution in [2.75, 3.05) is 20.3 Å². The summed E-state index contributed by atoms with van der Waals surface area (Å²) in [5.41, 5.74) is 2.65. The normalized spacial score (nSPS) is 21.0. The summed E-state index contributed by atoms with van der Waals surface area (Å²) in [6.45, 7) is 1.53. The highest BCUT2D eigenvalue weighted by atomic mass is 35.5. The van der Waals surface area contributed by atoms with E-state index in [0.29, 0.717) is 6.61 Å². The average Bonchev–Trinajstić information content (AvgIpc) is 2.78. The minimum atomic E-state index is 0. The van der Waals surface area contributed by atoms with E-state index >= 15 is 0 Å². The van der Waals surface area contributed by atoms with Crippen LogP contribution in [0.1, 0.15) is 36.4 Å². The molecule has 4 rings (SSSR count). The van der Waals surface area contributed by atoms with Crippen LogP contribution in [0.4, 0.5) is 0 Å². The maximum absolute atomic E-state index is 6.10. The van der Waals surface area contributed by atoms with Gasteiger partial charge in [-0.3, -0.25) is 0 Å². The zero-order chi connectivity index (χ0) is 16.6. The molecule has 0 saturated heterocycles. The van der Waals surface area contributed by atoms with Gasteiger partial charge in [-0.15, -0.1) is 12.4 Å². The largest absolute Gasteiger partial charge is 0.497 e. The van der Waals surface area contributed by atoms with Crippen LogP contribution in [0.5, 0.6) is 11.5 Å². The second-order valence-electron chi connectivity index (χ2n) is 6.66. The molecule has 1 N–H and O–H groups in total. The van der Waals surface area contributed by atoms with E-state index in [-0.39, 0.29) is 23.9 Å². The fourth-order valence-electron chi connectivity index (χ4n) is 4.06. The van der Waals surface area contributed by atoms with Crippen molar-refractivity contribution in [2.45, 2.75) is 30.7 Å². The van der Waals surface area contributed by atoms with Gasteiger partial charge in [0.2, 0.25) is 0 Å². The van der Waals surface area contributed by atoms with Gasteiger partial charge in [-0.25, -0.2) is 0 Å². The molecule has 1 heterocycles. The summed E-state index contributed by atoms with van der Waals surface area (Å²) in [7, 11) is 1.71. The summed E-state index contributed by atoms with van der Waals surface area (Å²) in [6.07, 6.45) is 3.59. The smallest absolute Gasteiger partial charge is 0.124 e. The first-order valence-electron chi connectivity index (χ1n) is 8.53. The number of methoxy groups -OCH3 is 1. The summed E-state index contributed by atoms with van der Waals surface area (Å²) in [5.74, 6) is 1.84. The molecule has 0 radical (unpaired) electrons. The molecule has 0 spiro atoms. The standard InChI is InChI=1S/C20H22ClNO2.ClH/c1-23-16-7-8-18-17(13-16)19(22-11-12-24-18)20(9-2-10-20)14-3-5-15(21)6-4-14;/h3-8,13,19,22H,2,9-12H2,1H3;1H. The Hall–Kier alpha value is -1.42. The molecule has 1 fully saturated rings. The Morgan fingerprint density at radius 1 is 1.16 bits per heavy atom. The van der Waals surface area contributed by atoms with Crippen molar-refractivity contribution >= 4 is 24.0 Å². The predicted octanol–water partition coefficient (Wildman–Crippen LogP) is 4.92. The van der Waals surface area contributed by atoms with Crippen molar-refractivity contribution in [1.82, 2.24) is 5.32 Å². The first kappa shape index (κ1) is 18.4. The van der Waals surface area contributed by atoms with Crippen LogP contribution in [0.3, 0.4) is 0 Å². The number of ether oxygens (including phenoxy) is 2. The topological polar surface area (TPSA) is 30.5 Å². The summed E-state index contributed by atoms with van der Waals surface area (Å²) in [5, 5.41) is 4.52. The second-order valence-corrected chi connectivity index (χ2v) is 7.09. The molecule has 2 aromatic rings. The Kier molecular flexibility index (Phi) is 5.47. The molecule has 1 saturated carbocycles. The second kappa shape index (κ2) is 7.45. The number of nitrogens with one attached hydrogen (secondary N) is 1. The van der Waals surface area contributed by atoms with Gasteiger partial charge in [-0.2, -0.15) is 0 Å². The van der Waals surface area contributed by atoms with Gasteiger partial charge in [0.1, 0.15) is 18.1 Å². The van der Waals surface area contributed by atoms with Gasteiger partial charge < -0.3 is 14.8 Å². The van der Waals surface area contributed by atoms with E-state index in [1.54, 1.807) is 7.11 Å². The molecule has 1 aliphatic carbocycles. The lowest BCUT2D eigenvalue weighted by Crippen LogP contribution is -2.46. The zero-order valence-corrected chi connectivity index (χ0v) is 15.8. The Bertz CT molecular complexity index is 729. The molecule has 2 aromatic carbocycles. The molecule has 2 aliphatic rings. The van der Waals surface area contributed by atoms with Crippen LogP contribution in [0.2, 0.25) is 5.02 Å². The van der Waals surface area contributed by atoms with E-state index in [2.05, 4.69) is 23.5 Å². The van der Waals surface area contributed by atoms with E-state index in [0.717, 1.165) is 23.1 Å². The number of fused-ring (bicyclic) bond motifs is 1. The number of benzene rings is 2. The third kappa shape index (κ3) is 3.21. The van der Waals surface area contributed by atoms with Gasteiger partial charge in [0.05, 0.1) is 7.11 Å². The molecule has 25 heavy (non-hydrogen) atoms. The summed E-state index contributed by atoms with van der Waals surface area (Å²) in [4.78, 5) is 0. The van der Waals surface area contributed by atoms with Gasteiger partial charge in [0.15, 0.2) is 0 Å². The lowest BCUT2D eigenvalue weighted by molar-refractivity contribution is 0.171. The molecule has 0 bridgehead atoms. The summed E-state index contributed by atoms with van der Waals surface area (Å²) >= 11 is 6.10. The van der Waals surface area contributed by atoms with E-state index in [1.165, 1.54) is 30.4 Å². The molecule has 1 aliphatic heterocycles. The summed E-state index contributed by atoms with van der Waals surface area (Å²) < 4.78 is 11.4. The Morgan fingerprint density at radius 3 is 2.56 bits per heavy atom. The Morgan fingerprint density at radius 2 is 1.92 bits per heavy atom. The fourth-order valence-corrected chi connectivity index (χ4v) is 4.19. The van der Waals surface area contributed by atoms with E-state index in [4.69, 9.17) is 21.1 Å². The molecule has 3 nitrogen and oxygen atoms in total. The first-order valence-corrected chi connectivity index (χ1v) is 8.91. The van der Waals surface area contributed by atoms with Crippen LogP contribution in [0.15, 0.2) is 42.5 Å². The minimum absolute atomic E-state index is 0. The summed E-state index contributed by atoms with van der Waals surface area (Å²) in [6, 6.07) is 14.7. The van der Waals surface area contributed by atoms with Crippen molar-refractivity contribution in [3.8, 4) is 11.5 Å². The van der Waals surface area contributed by atoms with Crippen molar-refractivity contribution in [3.05, 3.63) is 58.6 Å². The van der Waals surface area contributed by atoms with Crippen molar-refractivity contribution in [3.63, 3.8) is 0 Å². The van der Waals surface area contributed by atoms with Crippen molar-refractivity contribution < 1.29 is 9.47 Å². The predicted molar refractivity (Wildman–Crippen MR) is 103 cm³/mol. The van der Waals surface area contributed by atoms with Gasteiger partial charge in [-0.1, -0.05) is 30.2 Å². The fraction of sp³-hybridized carbons (Fsp3) is 0.400. The van der Waals surface area contributed by atoms with Gasteiger partial charge in [-0.05, 0) is 48.7 Å². The number of rotatable bonds is 3. The van der Waals surface area contributed by atoms with Crippen LogP contribution < -0.4 is 14.8 Å². The minimum Gasteiger partial charge on any atom is -0.497 e. The number of hydrogen-bond acceptors (Lipinski definition) is 3. The zero-order valence-electron chi connectivity index (χ0n) is 14.3. The maximum atomic E-state index is 6.10. The first-order chi connectivity index (χ1) is 11.7. The molecular formula is C20H23Cl2NO2. The van der Waals surface area contributed by atoms with Gasteiger partial charge >= 0.3 is 0 Å². The average molecular weight is 380 g/mol. The van der Waals surface area contributed by atoms with E-state index < -0.39 is 0 Å². The molecule has 0 amide bonds. The lowest BCUT2D eigenvalue weighted by Gasteiger charge is -2.48. The molecule has 1 atom stereocenters. The quantitative estimate of drug-likeness (QED) is 0.820. The van der Waals surface area contributed by atoms with Crippen molar-refractivity contribution in [1.29, 1.82) is 0 Å². The van der Waals surface area contributed by atoms with E-state index in [9.17, 15) is 0 Å². The Balaban J connectivity index is 0.00000182. The molecular weight excluding hydrogens is 357 g/mol. The monoisotopic (exact) mass is 379 g/mol. The highest BCUT2D eigenvalue weighted by molar-refractivity contribution is 6.30. The maximum Gasteiger partial charge on any atom is 0.124 e. The van der Waals surface area contributed by atoms with E-state index in [1.807, 2.05) is 24.3 Å². The third-order valence-corrected chi connectivity index (χ3v) is 5.71. The van der Waals surface area contributed by atoms with Gasteiger partial charge in [0, 0.05) is 28.6 Å². The van der Waals surface area contributed by atoms with Gasteiger partial charge in [0.25, 0.3) is 0 Å². The molecule has 1 unspecified atom stereocenters. The van der Waals surface area contributed by atoms with Crippen molar-refractivity contribution in [2.24, 2.45) is 0 Å². The van der Waals surface area contributed by atoms with Crippen LogP contribution in [-0.2, 0) is 5.41 Å². The molecule has 134 valence electrons. The molecule has 5 heteroatoms. The van der Waals surface area contributed by atoms with Crippen LogP contribution >= 0.6 is 24.0 Å². The highest BCUT2D eigenvalue weighted by Crippen LogP contribution is 2.54. The lowest BCUT2D eigenvalue weighted by atomic mass is 9.58. The van der Waals surface area contributed by atoms with Crippen LogP contribution in [0, 0.1) is 0 Å². The number of hydrogen-bond donors (Lipinski definition) is 1. The SMILES string of the molecule is COc1ccc2c(c1)C(C1(c3ccc(Cl)cc3)CCC1)NCCO2.Cl. The highest BCUT2D eigenvalue weighted by Gasteiger charge is 2.47.